The van der Waals surface area contributed by atoms with Crippen molar-refractivity contribution >= 4 is 19.6 Å². The van der Waals surface area contributed by atoms with E-state index in [0.29, 0.717) is 29.0 Å². The fourth-order valence-electron chi connectivity index (χ4n) is 4.84. The van der Waals surface area contributed by atoms with E-state index in [1.807, 2.05) is 0 Å². The first-order valence-corrected chi connectivity index (χ1v) is 8.59. The van der Waals surface area contributed by atoms with Crippen LogP contribution in [0.5, 0.6) is 11.5 Å². The lowest BCUT2D eigenvalue weighted by Gasteiger charge is -2.53. The van der Waals surface area contributed by atoms with Crippen molar-refractivity contribution in [2.24, 2.45) is 17.8 Å². The summed E-state index contributed by atoms with van der Waals surface area (Å²) in [6.07, 6.45) is 4.24. The molecule has 5 aliphatic rings. The van der Waals surface area contributed by atoms with Crippen molar-refractivity contribution in [1.29, 1.82) is 0 Å². The normalized spacial score (nSPS) is 32.1. The summed E-state index contributed by atoms with van der Waals surface area (Å²) in [6.45, 7) is 3.65. The molecule has 1 aromatic carbocycles. The first kappa shape index (κ1) is 14.4. The lowest BCUT2D eigenvalue weighted by atomic mass is 9.65. The van der Waals surface area contributed by atoms with Crippen LogP contribution in [0.1, 0.15) is 12.8 Å². The SMILES string of the molecule is [B]N(C(=O)C=C1C2CC3CC1CN(C3)C2)c1ccc2c(c1)OCO2. The molecule has 3 saturated heterocycles. The molecule has 1 saturated carbocycles. The minimum atomic E-state index is -0.161. The van der Waals surface area contributed by atoms with E-state index in [-0.39, 0.29) is 12.7 Å². The largest absolute Gasteiger partial charge is 0.454 e. The number of anilines is 1. The predicted octanol–water partition coefficient (Wildman–Crippen LogP) is 1.73. The molecule has 2 radical (unpaired) electrons. The molecule has 0 aromatic heterocycles. The second-order valence-electron chi connectivity index (χ2n) is 7.34. The average molecular weight is 322 g/mol. The highest BCUT2D eigenvalue weighted by molar-refractivity contribution is 6.33. The molecule has 122 valence electrons. The quantitative estimate of drug-likeness (QED) is 0.614. The number of carbonyl (C=O) groups excluding carboxylic acids is 1. The van der Waals surface area contributed by atoms with E-state index in [9.17, 15) is 4.79 Å². The Morgan fingerprint density at radius 2 is 1.92 bits per heavy atom. The minimum absolute atomic E-state index is 0.161. The van der Waals surface area contributed by atoms with Crippen molar-refractivity contribution < 1.29 is 14.3 Å². The van der Waals surface area contributed by atoms with E-state index < -0.39 is 0 Å². The Kier molecular flexibility index (Phi) is 3.17. The highest BCUT2D eigenvalue weighted by Crippen LogP contribution is 2.46. The lowest BCUT2D eigenvalue weighted by molar-refractivity contribution is -0.113. The molecule has 2 atom stereocenters. The number of amides is 1. The molecule has 1 aromatic rings. The molecule has 4 bridgehead atoms. The summed E-state index contributed by atoms with van der Waals surface area (Å²) in [5.74, 6) is 3.04. The second-order valence-corrected chi connectivity index (χ2v) is 7.34. The van der Waals surface area contributed by atoms with E-state index in [1.165, 1.54) is 29.8 Å². The maximum atomic E-state index is 12.7. The van der Waals surface area contributed by atoms with Crippen LogP contribution in [0.15, 0.2) is 29.8 Å². The van der Waals surface area contributed by atoms with Gasteiger partial charge in [-0.05, 0) is 42.7 Å². The topological polar surface area (TPSA) is 42.0 Å². The monoisotopic (exact) mass is 322 g/mol. The van der Waals surface area contributed by atoms with Gasteiger partial charge in [0.05, 0.1) is 0 Å². The third-order valence-corrected chi connectivity index (χ3v) is 5.81. The molecule has 1 amide bonds. The van der Waals surface area contributed by atoms with Crippen LogP contribution in [-0.4, -0.2) is 45.2 Å². The van der Waals surface area contributed by atoms with Gasteiger partial charge in [0.25, 0.3) is 0 Å². The molecule has 4 heterocycles. The molecule has 0 N–H and O–H groups in total. The average Bonchev–Trinajstić information content (AvgIpc) is 3.04. The van der Waals surface area contributed by atoms with Crippen LogP contribution in [0.2, 0.25) is 0 Å². The Hall–Kier alpha value is -1.95. The van der Waals surface area contributed by atoms with Crippen LogP contribution in [0, 0.1) is 17.8 Å². The van der Waals surface area contributed by atoms with E-state index in [1.54, 1.807) is 24.3 Å². The van der Waals surface area contributed by atoms with Gasteiger partial charge in [0.1, 0.15) is 0 Å². The number of rotatable bonds is 2. The zero-order valence-corrected chi connectivity index (χ0v) is 13.5. The summed E-state index contributed by atoms with van der Waals surface area (Å²) >= 11 is 0. The number of hydrogen-bond acceptors (Lipinski definition) is 4. The van der Waals surface area contributed by atoms with Crippen molar-refractivity contribution in [2.45, 2.75) is 12.8 Å². The Morgan fingerprint density at radius 3 is 2.67 bits per heavy atom. The molecule has 0 spiro atoms. The van der Waals surface area contributed by atoms with Crippen molar-refractivity contribution in [3.05, 3.63) is 29.8 Å². The van der Waals surface area contributed by atoms with Crippen LogP contribution >= 0.6 is 0 Å². The summed E-state index contributed by atoms with van der Waals surface area (Å²) in [6, 6.07) is 5.32. The van der Waals surface area contributed by atoms with Crippen LogP contribution in [0.4, 0.5) is 5.69 Å². The molecular formula is C18H19BN2O3. The number of carbonyl (C=O) groups is 1. The second kappa shape index (κ2) is 5.28. The molecule has 4 fully saturated rings. The molecule has 1 aliphatic carbocycles. The molecule has 4 aliphatic heterocycles. The van der Waals surface area contributed by atoms with Gasteiger partial charge in [-0.2, -0.15) is 0 Å². The molecule has 24 heavy (non-hydrogen) atoms. The number of ether oxygens (including phenoxy) is 2. The van der Waals surface area contributed by atoms with E-state index in [4.69, 9.17) is 17.5 Å². The van der Waals surface area contributed by atoms with Crippen LogP contribution < -0.4 is 14.3 Å². The van der Waals surface area contributed by atoms with Crippen molar-refractivity contribution in [1.82, 2.24) is 4.90 Å². The number of nitrogens with zero attached hydrogens (tertiary/aromatic N) is 2. The van der Waals surface area contributed by atoms with Gasteiger partial charge in [-0.3, -0.25) is 4.79 Å². The summed E-state index contributed by atoms with van der Waals surface area (Å²) < 4.78 is 10.7. The summed E-state index contributed by atoms with van der Waals surface area (Å²) in [5.41, 5.74) is 1.93. The fourth-order valence-corrected chi connectivity index (χ4v) is 4.84. The molecular weight excluding hydrogens is 303 g/mol. The van der Waals surface area contributed by atoms with Crippen LogP contribution in [0.25, 0.3) is 0 Å². The molecule has 5 nitrogen and oxygen atoms in total. The first-order chi connectivity index (χ1) is 11.7. The zero-order valence-electron chi connectivity index (χ0n) is 13.5. The maximum Gasteiger partial charge on any atom is 0.239 e. The number of benzene rings is 1. The predicted molar refractivity (Wildman–Crippen MR) is 90.0 cm³/mol. The van der Waals surface area contributed by atoms with Gasteiger partial charge in [-0.25, -0.2) is 0 Å². The molecule has 6 rings (SSSR count). The van der Waals surface area contributed by atoms with Crippen molar-refractivity contribution in [3.63, 3.8) is 0 Å². The number of fused-ring (bicyclic) bond motifs is 1. The van der Waals surface area contributed by atoms with E-state index in [0.717, 1.165) is 19.0 Å². The van der Waals surface area contributed by atoms with Crippen LogP contribution in [-0.2, 0) is 4.79 Å². The third kappa shape index (κ3) is 2.24. The Labute approximate surface area is 142 Å². The van der Waals surface area contributed by atoms with Gasteiger partial charge in [0, 0.05) is 37.5 Å². The molecule has 6 heteroatoms. The van der Waals surface area contributed by atoms with Gasteiger partial charge in [0.15, 0.2) is 11.5 Å². The van der Waals surface area contributed by atoms with Gasteiger partial charge < -0.3 is 19.2 Å². The fraction of sp³-hybridized carbons (Fsp3) is 0.500. The van der Waals surface area contributed by atoms with E-state index >= 15 is 0 Å². The van der Waals surface area contributed by atoms with Crippen molar-refractivity contribution in [2.75, 3.05) is 31.2 Å². The first-order valence-electron chi connectivity index (χ1n) is 8.59. The Balaban J connectivity index is 1.38. The number of hydrogen-bond donors (Lipinski definition) is 0. The maximum absolute atomic E-state index is 12.7. The standard InChI is InChI=1S/C18H19BN2O3/c19-21(14-1-2-16-17(5-14)24-10-23-16)18(22)6-15-12-3-11-4-13(15)9-20(7-11)8-12/h1-2,5-6,11-13H,3-4,7-10H2. The van der Waals surface area contributed by atoms with E-state index in [2.05, 4.69) is 4.90 Å². The van der Waals surface area contributed by atoms with Gasteiger partial charge >= 0.3 is 0 Å². The highest BCUT2D eigenvalue weighted by atomic mass is 16.7. The van der Waals surface area contributed by atoms with Crippen molar-refractivity contribution in [3.8, 4) is 11.5 Å². The Morgan fingerprint density at radius 1 is 1.17 bits per heavy atom. The summed E-state index contributed by atoms with van der Waals surface area (Å²) in [5, 5.41) is 0. The Bertz CT molecular complexity index is 703. The molecule has 2 unspecified atom stereocenters. The minimum Gasteiger partial charge on any atom is -0.454 e. The van der Waals surface area contributed by atoms with Gasteiger partial charge in [-0.15, -0.1) is 0 Å². The summed E-state index contributed by atoms with van der Waals surface area (Å²) in [4.78, 5) is 16.4. The zero-order chi connectivity index (χ0) is 16.3. The number of piperidine rings is 3. The third-order valence-electron chi connectivity index (χ3n) is 5.81. The highest BCUT2D eigenvalue weighted by Gasteiger charge is 2.44. The van der Waals surface area contributed by atoms with Gasteiger partial charge in [-0.1, -0.05) is 5.57 Å². The lowest BCUT2D eigenvalue weighted by Crippen LogP contribution is -2.54. The van der Waals surface area contributed by atoms with Gasteiger partial charge in [0.2, 0.25) is 20.7 Å². The smallest absolute Gasteiger partial charge is 0.239 e. The van der Waals surface area contributed by atoms with Crippen LogP contribution in [0.3, 0.4) is 0 Å². The summed E-state index contributed by atoms with van der Waals surface area (Å²) in [7, 11) is 6.07.